The number of ketones is 1. The average molecular weight is 302 g/mol. The van der Waals surface area contributed by atoms with Gasteiger partial charge >= 0.3 is 0 Å². The lowest BCUT2D eigenvalue weighted by Gasteiger charge is -2.25. The number of rotatable bonds is 5. The number of nitrogens with zero attached hydrogens (tertiary/aromatic N) is 2. The van der Waals surface area contributed by atoms with Crippen molar-refractivity contribution in [3.8, 4) is 0 Å². The van der Waals surface area contributed by atoms with Crippen LogP contribution in [-0.2, 0) is 17.6 Å². The molecule has 21 heavy (non-hydrogen) atoms. The Morgan fingerprint density at radius 1 is 1.43 bits per heavy atom. The van der Waals surface area contributed by atoms with Crippen LogP contribution in [0.15, 0.2) is 24.3 Å². The van der Waals surface area contributed by atoms with E-state index in [-0.39, 0.29) is 11.9 Å². The quantitative estimate of drug-likeness (QED) is 0.795. The van der Waals surface area contributed by atoms with Gasteiger partial charge < -0.3 is 4.74 Å². The third kappa shape index (κ3) is 3.04. The predicted molar refractivity (Wildman–Crippen MR) is 81.7 cm³/mol. The number of ether oxygens (including phenoxy) is 1. The minimum atomic E-state index is -0.140. The second kappa shape index (κ2) is 6.45. The Kier molecular flexibility index (Phi) is 4.41. The minimum Gasteiger partial charge on any atom is -0.373 e. The van der Waals surface area contributed by atoms with E-state index in [4.69, 9.17) is 4.74 Å². The van der Waals surface area contributed by atoms with Crippen LogP contribution in [-0.4, -0.2) is 22.0 Å². The van der Waals surface area contributed by atoms with E-state index in [0.717, 1.165) is 30.5 Å². The second-order valence-electron chi connectivity index (χ2n) is 5.23. The largest absolute Gasteiger partial charge is 0.373 e. The molecule has 1 aromatic heterocycles. The summed E-state index contributed by atoms with van der Waals surface area (Å²) < 4.78 is 9.75. The summed E-state index contributed by atoms with van der Waals surface area (Å²) in [6, 6.07) is 8.22. The molecule has 0 spiro atoms. The normalized spacial score (nSPS) is 17.5. The van der Waals surface area contributed by atoms with Crippen LogP contribution in [0.1, 0.15) is 52.4 Å². The van der Waals surface area contributed by atoms with Crippen LogP contribution in [0.25, 0.3) is 0 Å². The molecule has 5 heteroatoms. The molecule has 1 aliphatic rings. The summed E-state index contributed by atoms with van der Waals surface area (Å²) in [6.45, 7) is 2.76. The van der Waals surface area contributed by atoms with Crippen molar-refractivity contribution in [2.24, 2.45) is 0 Å². The molecule has 2 aromatic rings. The first-order chi connectivity index (χ1) is 10.3. The molecule has 1 atom stereocenters. The van der Waals surface area contributed by atoms with Crippen LogP contribution < -0.4 is 0 Å². The van der Waals surface area contributed by atoms with Crippen molar-refractivity contribution in [1.82, 2.24) is 9.59 Å². The number of Topliss-reactive ketones (excluding diaryl/α,β-unsaturated/α-hetero) is 1. The Morgan fingerprint density at radius 2 is 2.29 bits per heavy atom. The Morgan fingerprint density at radius 3 is 3.14 bits per heavy atom. The molecule has 1 aliphatic heterocycles. The lowest BCUT2D eigenvalue weighted by Crippen LogP contribution is -2.19. The van der Waals surface area contributed by atoms with Crippen molar-refractivity contribution >= 4 is 17.3 Å². The number of aromatic nitrogens is 2. The van der Waals surface area contributed by atoms with E-state index in [1.165, 1.54) is 17.1 Å². The van der Waals surface area contributed by atoms with Gasteiger partial charge in [0.2, 0.25) is 0 Å². The van der Waals surface area contributed by atoms with Gasteiger partial charge in [-0.3, -0.25) is 4.79 Å². The number of benzene rings is 1. The molecular weight excluding hydrogens is 284 g/mol. The minimum absolute atomic E-state index is 0.0927. The lowest BCUT2D eigenvalue weighted by atomic mass is 9.94. The fraction of sp³-hybridized carbons (Fsp3) is 0.438. The highest BCUT2D eigenvalue weighted by atomic mass is 32.1. The molecule has 0 saturated heterocycles. The molecule has 0 amide bonds. The lowest BCUT2D eigenvalue weighted by molar-refractivity contribution is 0.0353. The maximum absolute atomic E-state index is 12.5. The van der Waals surface area contributed by atoms with Crippen molar-refractivity contribution in [2.45, 2.75) is 38.7 Å². The smallest absolute Gasteiger partial charge is 0.179 e. The van der Waals surface area contributed by atoms with Crippen LogP contribution in [0, 0.1) is 0 Å². The van der Waals surface area contributed by atoms with Gasteiger partial charge in [-0.1, -0.05) is 42.1 Å². The maximum Gasteiger partial charge on any atom is 0.179 e. The number of hydrogen-bond acceptors (Lipinski definition) is 5. The summed E-state index contributed by atoms with van der Waals surface area (Å²) in [7, 11) is 0. The van der Waals surface area contributed by atoms with Gasteiger partial charge in [0.1, 0.15) is 4.88 Å². The van der Waals surface area contributed by atoms with Crippen LogP contribution in [0.2, 0.25) is 0 Å². The number of aryl methyl sites for hydroxylation is 1. The van der Waals surface area contributed by atoms with Gasteiger partial charge in [-0.15, -0.1) is 5.10 Å². The number of carbonyl (C=O) groups is 1. The molecule has 4 nitrogen and oxygen atoms in total. The molecule has 0 bridgehead atoms. The second-order valence-corrected chi connectivity index (χ2v) is 5.99. The van der Waals surface area contributed by atoms with Gasteiger partial charge in [-0.25, -0.2) is 0 Å². The van der Waals surface area contributed by atoms with Crippen molar-refractivity contribution in [3.63, 3.8) is 0 Å². The molecule has 2 heterocycles. The molecule has 1 unspecified atom stereocenters. The summed E-state index contributed by atoms with van der Waals surface area (Å²) in [4.78, 5) is 13.2. The molecule has 0 N–H and O–H groups in total. The Bertz CT molecular complexity index is 639. The number of fused-ring (bicyclic) bond motifs is 1. The van der Waals surface area contributed by atoms with Gasteiger partial charge in [0, 0.05) is 6.42 Å². The van der Waals surface area contributed by atoms with Crippen LogP contribution in [0.4, 0.5) is 0 Å². The first-order valence-corrected chi connectivity index (χ1v) is 8.10. The van der Waals surface area contributed by atoms with Crippen LogP contribution in [0.5, 0.6) is 0 Å². The summed E-state index contributed by atoms with van der Waals surface area (Å²) in [5.41, 5.74) is 3.26. The summed E-state index contributed by atoms with van der Waals surface area (Å²) in [5, 5.41) is 4.07. The fourth-order valence-corrected chi connectivity index (χ4v) is 3.38. The third-order valence-electron chi connectivity index (χ3n) is 3.76. The number of carbonyl (C=O) groups excluding carboxylic acids is 1. The highest BCUT2D eigenvalue weighted by Crippen LogP contribution is 2.31. The molecule has 3 rings (SSSR count). The first-order valence-electron chi connectivity index (χ1n) is 7.33. The van der Waals surface area contributed by atoms with E-state index in [9.17, 15) is 4.79 Å². The van der Waals surface area contributed by atoms with E-state index in [1.807, 2.05) is 12.1 Å². The van der Waals surface area contributed by atoms with Gasteiger partial charge in [0.15, 0.2) is 5.78 Å². The molecule has 0 fully saturated rings. The van der Waals surface area contributed by atoms with Gasteiger partial charge in [-0.2, -0.15) is 0 Å². The Balaban J connectivity index is 1.78. The zero-order chi connectivity index (χ0) is 14.7. The number of hydrogen-bond donors (Lipinski definition) is 0. The summed E-state index contributed by atoms with van der Waals surface area (Å²) >= 11 is 1.20. The Labute approximate surface area is 128 Å². The maximum atomic E-state index is 12.5. The summed E-state index contributed by atoms with van der Waals surface area (Å²) in [5.74, 6) is 0.0927. The van der Waals surface area contributed by atoms with E-state index in [0.29, 0.717) is 17.9 Å². The topological polar surface area (TPSA) is 52.1 Å². The molecular formula is C16H18N2O2S. The molecule has 0 radical (unpaired) electrons. The molecule has 110 valence electrons. The van der Waals surface area contributed by atoms with Gasteiger partial charge in [0.25, 0.3) is 0 Å². The van der Waals surface area contributed by atoms with E-state index < -0.39 is 0 Å². The first kappa shape index (κ1) is 14.4. The van der Waals surface area contributed by atoms with Gasteiger partial charge in [-0.05, 0) is 35.5 Å². The fourth-order valence-electron chi connectivity index (χ4n) is 2.73. The van der Waals surface area contributed by atoms with Crippen molar-refractivity contribution < 1.29 is 9.53 Å². The third-order valence-corrected chi connectivity index (χ3v) is 4.57. The zero-order valence-electron chi connectivity index (χ0n) is 12.0. The van der Waals surface area contributed by atoms with E-state index in [2.05, 4.69) is 28.6 Å². The van der Waals surface area contributed by atoms with E-state index in [1.54, 1.807) is 0 Å². The molecule has 0 aliphatic carbocycles. The average Bonchev–Trinajstić information content (AvgIpc) is 2.96. The summed E-state index contributed by atoms with van der Waals surface area (Å²) in [6.07, 6.45) is 2.93. The van der Waals surface area contributed by atoms with Crippen LogP contribution in [0.3, 0.4) is 0 Å². The van der Waals surface area contributed by atoms with Crippen LogP contribution >= 0.6 is 11.5 Å². The highest BCUT2D eigenvalue weighted by Gasteiger charge is 2.25. The standard InChI is InChI=1S/C16H18N2O2S/c1-2-5-13-16(21-18-17-13)14(19)10-15-12-7-4-3-6-11(12)8-9-20-15/h3-4,6-7,15H,2,5,8-10H2,1H3. The molecule has 1 aromatic carbocycles. The monoisotopic (exact) mass is 302 g/mol. The highest BCUT2D eigenvalue weighted by molar-refractivity contribution is 7.08. The van der Waals surface area contributed by atoms with E-state index >= 15 is 0 Å². The van der Waals surface area contributed by atoms with Crippen molar-refractivity contribution in [3.05, 3.63) is 46.0 Å². The van der Waals surface area contributed by atoms with Crippen molar-refractivity contribution in [1.29, 1.82) is 0 Å². The molecule has 0 saturated carbocycles. The Hall–Kier alpha value is -1.59. The zero-order valence-corrected chi connectivity index (χ0v) is 12.9. The van der Waals surface area contributed by atoms with Gasteiger partial charge in [0.05, 0.1) is 18.4 Å². The predicted octanol–water partition coefficient (Wildman–Crippen LogP) is 3.38. The SMILES string of the molecule is CCCc1nnsc1C(=O)CC1OCCc2ccccc21. The van der Waals surface area contributed by atoms with Crippen molar-refractivity contribution in [2.75, 3.05) is 6.61 Å².